The average Bonchev–Trinajstić information content (AvgIpc) is 3.18. The fourth-order valence-corrected chi connectivity index (χ4v) is 7.42. The molecular weight excluding hydrogens is 272 g/mol. The first-order chi connectivity index (χ1) is 10.6. The third kappa shape index (κ3) is 1.58. The molecule has 2 nitrogen and oxygen atoms in total. The Balaban J connectivity index is 1.53. The highest BCUT2D eigenvalue weighted by Gasteiger charge is 2.67. The minimum absolute atomic E-state index is 0.0463. The van der Waals surface area contributed by atoms with Crippen LogP contribution in [0, 0.1) is 40.4 Å². The molecule has 0 unspecified atom stereocenters. The second-order valence-electron chi connectivity index (χ2n) is 9.33. The van der Waals surface area contributed by atoms with Crippen LogP contribution >= 0.6 is 0 Å². The van der Waals surface area contributed by atoms with Crippen LogP contribution in [-0.2, 0) is 4.79 Å². The second kappa shape index (κ2) is 4.26. The van der Waals surface area contributed by atoms with Gasteiger partial charge in [-0.25, -0.2) is 0 Å². The summed E-state index contributed by atoms with van der Waals surface area (Å²) in [5, 5.41) is 10.0. The molecule has 0 amide bonds. The van der Waals surface area contributed by atoms with E-state index in [1.165, 1.54) is 37.5 Å². The van der Waals surface area contributed by atoms with Crippen molar-refractivity contribution < 1.29 is 9.90 Å². The molecule has 0 spiro atoms. The van der Waals surface area contributed by atoms with Gasteiger partial charge in [-0.1, -0.05) is 18.6 Å². The van der Waals surface area contributed by atoms with Gasteiger partial charge in [0.05, 0.1) is 6.10 Å². The van der Waals surface area contributed by atoms with Gasteiger partial charge in [0.1, 0.15) is 6.29 Å². The van der Waals surface area contributed by atoms with Gasteiger partial charge < -0.3 is 9.90 Å². The lowest BCUT2D eigenvalue weighted by Gasteiger charge is -2.57. The van der Waals surface area contributed by atoms with Crippen LogP contribution in [0.1, 0.15) is 58.3 Å². The monoisotopic (exact) mass is 300 g/mol. The molecule has 120 valence electrons. The van der Waals surface area contributed by atoms with E-state index in [4.69, 9.17) is 0 Å². The number of aldehydes is 1. The molecular formula is C20H28O2. The first kappa shape index (κ1) is 13.8. The largest absolute Gasteiger partial charge is 0.393 e. The predicted octanol–water partition coefficient (Wildman–Crippen LogP) is 3.74. The van der Waals surface area contributed by atoms with Crippen molar-refractivity contribution in [2.75, 3.05) is 0 Å². The second-order valence-corrected chi connectivity index (χ2v) is 9.33. The predicted molar refractivity (Wildman–Crippen MR) is 85.1 cm³/mol. The Kier molecular flexibility index (Phi) is 2.67. The van der Waals surface area contributed by atoms with Crippen LogP contribution in [0.5, 0.6) is 0 Å². The summed E-state index contributed by atoms with van der Waals surface area (Å²) in [7, 11) is 0. The van der Waals surface area contributed by atoms with E-state index in [1.54, 1.807) is 0 Å². The first-order valence-corrected chi connectivity index (χ1v) is 9.41. The SMILES string of the molecule is C[C@]12CC[C@H](O)CC1=CC[C@H]1[C@@H]3[C@@H]4C[C@@H]4C[C@@]3(C=O)CC[C@@H]12. The number of fused-ring (bicyclic) bond motifs is 7. The summed E-state index contributed by atoms with van der Waals surface area (Å²) in [5.41, 5.74) is 1.89. The molecule has 1 N–H and O–H groups in total. The highest BCUT2D eigenvalue weighted by Crippen LogP contribution is 2.72. The molecule has 8 atom stereocenters. The van der Waals surface area contributed by atoms with Crippen molar-refractivity contribution in [3.63, 3.8) is 0 Å². The van der Waals surface area contributed by atoms with Gasteiger partial charge in [0.15, 0.2) is 0 Å². The number of hydrogen-bond donors (Lipinski definition) is 1. The fraction of sp³-hybridized carbons (Fsp3) is 0.850. The van der Waals surface area contributed by atoms with E-state index in [-0.39, 0.29) is 11.5 Å². The zero-order chi connectivity index (χ0) is 15.1. The van der Waals surface area contributed by atoms with Gasteiger partial charge in [0.25, 0.3) is 0 Å². The van der Waals surface area contributed by atoms with Crippen molar-refractivity contribution in [2.24, 2.45) is 40.4 Å². The van der Waals surface area contributed by atoms with E-state index in [2.05, 4.69) is 13.0 Å². The topological polar surface area (TPSA) is 37.3 Å². The molecule has 0 radical (unpaired) electrons. The number of allylic oxidation sites excluding steroid dienone is 1. The molecule has 2 heteroatoms. The van der Waals surface area contributed by atoms with Crippen molar-refractivity contribution in [1.82, 2.24) is 0 Å². The van der Waals surface area contributed by atoms with Crippen LogP contribution in [0.25, 0.3) is 0 Å². The summed E-state index contributed by atoms with van der Waals surface area (Å²) >= 11 is 0. The standard InChI is InChI=1S/C20H28O2/c1-19-6-4-14(22)9-13(19)2-3-15-17(19)5-7-20(11-21)10-12-8-16(12)18(15)20/h2,11-12,14-18,22H,3-10H2,1H3/t12-,14+,15-,16-,17+,18-,19+,20-/m1/s1. The zero-order valence-electron chi connectivity index (χ0n) is 13.6. The Morgan fingerprint density at radius 1 is 1.27 bits per heavy atom. The van der Waals surface area contributed by atoms with Gasteiger partial charge in [-0.3, -0.25) is 0 Å². The Morgan fingerprint density at radius 3 is 2.95 bits per heavy atom. The molecule has 22 heavy (non-hydrogen) atoms. The molecule has 0 bridgehead atoms. The van der Waals surface area contributed by atoms with E-state index in [1.807, 2.05) is 0 Å². The van der Waals surface area contributed by atoms with Gasteiger partial charge in [-0.2, -0.15) is 0 Å². The number of rotatable bonds is 1. The first-order valence-electron chi connectivity index (χ1n) is 9.41. The number of aliphatic hydroxyl groups excluding tert-OH is 1. The van der Waals surface area contributed by atoms with Crippen LogP contribution in [0.4, 0.5) is 0 Å². The van der Waals surface area contributed by atoms with Crippen LogP contribution < -0.4 is 0 Å². The molecule has 0 aromatic carbocycles. The fourth-order valence-electron chi connectivity index (χ4n) is 7.42. The summed E-state index contributed by atoms with van der Waals surface area (Å²) in [4.78, 5) is 12.0. The van der Waals surface area contributed by atoms with Crippen molar-refractivity contribution in [1.29, 1.82) is 0 Å². The Hall–Kier alpha value is -0.630. The Morgan fingerprint density at radius 2 is 2.14 bits per heavy atom. The zero-order valence-corrected chi connectivity index (χ0v) is 13.6. The minimum atomic E-state index is -0.118. The summed E-state index contributed by atoms with van der Waals surface area (Å²) < 4.78 is 0. The molecule has 5 aliphatic carbocycles. The van der Waals surface area contributed by atoms with E-state index < -0.39 is 0 Å². The highest BCUT2D eigenvalue weighted by molar-refractivity contribution is 5.62. The minimum Gasteiger partial charge on any atom is -0.393 e. The average molecular weight is 300 g/mol. The molecule has 4 saturated carbocycles. The van der Waals surface area contributed by atoms with Gasteiger partial charge in [-0.15, -0.1) is 0 Å². The van der Waals surface area contributed by atoms with E-state index in [0.29, 0.717) is 11.3 Å². The normalized spacial score (nSPS) is 58.7. The highest BCUT2D eigenvalue weighted by atomic mass is 16.3. The maximum absolute atomic E-state index is 12.0. The van der Waals surface area contributed by atoms with Crippen LogP contribution in [0.15, 0.2) is 11.6 Å². The quantitative estimate of drug-likeness (QED) is 0.592. The van der Waals surface area contributed by atoms with E-state index in [0.717, 1.165) is 49.4 Å². The summed E-state index contributed by atoms with van der Waals surface area (Å²) in [5.74, 6) is 3.92. The number of hydrogen-bond acceptors (Lipinski definition) is 2. The van der Waals surface area contributed by atoms with Gasteiger partial charge in [0.2, 0.25) is 0 Å². The molecule has 0 aromatic heterocycles. The third-order valence-corrected chi connectivity index (χ3v) is 8.52. The van der Waals surface area contributed by atoms with Crippen LogP contribution in [-0.4, -0.2) is 17.5 Å². The third-order valence-electron chi connectivity index (χ3n) is 8.52. The van der Waals surface area contributed by atoms with Gasteiger partial charge in [0, 0.05) is 5.41 Å². The van der Waals surface area contributed by atoms with Gasteiger partial charge in [-0.05, 0) is 86.4 Å². The van der Waals surface area contributed by atoms with Crippen LogP contribution in [0.3, 0.4) is 0 Å². The van der Waals surface area contributed by atoms with E-state index in [9.17, 15) is 9.90 Å². The summed E-state index contributed by atoms with van der Waals surface area (Å²) in [6, 6.07) is 0. The summed E-state index contributed by atoms with van der Waals surface area (Å²) in [6.45, 7) is 2.47. The van der Waals surface area contributed by atoms with Crippen molar-refractivity contribution >= 4 is 6.29 Å². The Labute approximate surface area is 133 Å². The molecule has 5 rings (SSSR count). The number of carbonyl (C=O) groups is 1. The number of carbonyl (C=O) groups excluding carboxylic acids is 1. The molecule has 0 heterocycles. The lowest BCUT2D eigenvalue weighted by molar-refractivity contribution is -0.128. The lowest BCUT2D eigenvalue weighted by Crippen LogP contribution is -2.51. The Bertz CT molecular complexity index is 552. The number of aliphatic hydroxyl groups is 1. The summed E-state index contributed by atoms with van der Waals surface area (Å²) in [6.07, 6.45) is 12.9. The maximum Gasteiger partial charge on any atom is 0.126 e. The molecule has 5 aliphatic rings. The lowest BCUT2D eigenvalue weighted by atomic mass is 9.47. The molecule has 0 aromatic rings. The maximum atomic E-state index is 12.0. The van der Waals surface area contributed by atoms with Crippen molar-refractivity contribution in [3.05, 3.63) is 11.6 Å². The smallest absolute Gasteiger partial charge is 0.126 e. The van der Waals surface area contributed by atoms with E-state index >= 15 is 0 Å². The van der Waals surface area contributed by atoms with Crippen molar-refractivity contribution in [2.45, 2.75) is 64.4 Å². The van der Waals surface area contributed by atoms with Crippen LogP contribution in [0.2, 0.25) is 0 Å². The molecule has 0 saturated heterocycles. The molecule has 4 fully saturated rings. The molecule has 0 aliphatic heterocycles. The van der Waals surface area contributed by atoms with Crippen molar-refractivity contribution in [3.8, 4) is 0 Å². The van der Waals surface area contributed by atoms with Gasteiger partial charge >= 0.3 is 0 Å².